The predicted octanol–water partition coefficient (Wildman–Crippen LogP) is 1.94. The minimum Gasteiger partial charge on any atom is -0.358 e. The SMILES string of the molecule is NC1CCCC(Cl)C1.[CH3-].[Y]. The summed E-state index contributed by atoms with van der Waals surface area (Å²) in [4.78, 5) is 0. The molecule has 1 radical (unpaired) electrons. The van der Waals surface area contributed by atoms with Gasteiger partial charge in [-0.3, -0.25) is 0 Å². The quantitative estimate of drug-likeness (QED) is 0.506. The molecule has 1 aliphatic rings. The zero-order valence-corrected chi connectivity index (χ0v) is 10.1. The van der Waals surface area contributed by atoms with Gasteiger partial charge < -0.3 is 13.2 Å². The van der Waals surface area contributed by atoms with Crippen LogP contribution in [0.1, 0.15) is 25.7 Å². The van der Waals surface area contributed by atoms with Crippen LogP contribution in [-0.4, -0.2) is 11.4 Å². The largest absolute Gasteiger partial charge is 0.358 e. The van der Waals surface area contributed by atoms with Gasteiger partial charge in [-0.15, -0.1) is 11.6 Å². The first-order chi connectivity index (χ1) is 3.79. The molecule has 59 valence electrons. The Morgan fingerprint density at radius 2 is 1.90 bits per heavy atom. The Labute approximate surface area is 94.0 Å². The van der Waals surface area contributed by atoms with E-state index < -0.39 is 0 Å². The number of nitrogens with two attached hydrogens (primary N) is 1. The second-order valence-corrected chi connectivity index (χ2v) is 3.14. The second-order valence-electron chi connectivity index (χ2n) is 2.52. The van der Waals surface area contributed by atoms with Crippen LogP contribution in [0.4, 0.5) is 0 Å². The standard InChI is InChI=1S/C6H12ClN.CH3.Y/c7-5-2-1-3-6(8)4-5;;/h5-6H,1-4,8H2;1H3;/q;-1;. The van der Waals surface area contributed by atoms with E-state index in [1.807, 2.05) is 0 Å². The van der Waals surface area contributed by atoms with Crippen LogP contribution in [0.2, 0.25) is 0 Å². The van der Waals surface area contributed by atoms with Crippen molar-refractivity contribution in [1.82, 2.24) is 0 Å². The van der Waals surface area contributed by atoms with Crippen LogP contribution in [0.25, 0.3) is 0 Å². The molecule has 2 N–H and O–H groups in total. The molecular weight excluding hydrogens is 222 g/mol. The summed E-state index contributed by atoms with van der Waals surface area (Å²) in [5.74, 6) is 0. The summed E-state index contributed by atoms with van der Waals surface area (Å²) in [5, 5.41) is 0.360. The first kappa shape index (κ1) is 13.9. The molecule has 0 aliphatic heterocycles. The molecule has 0 aromatic rings. The van der Waals surface area contributed by atoms with Gasteiger partial charge in [0.1, 0.15) is 0 Å². The van der Waals surface area contributed by atoms with E-state index in [2.05, 4.69) is 0 Å². The third-order valence-electron chi connectivity index (χ3n) is 1.65. The van der Waals surface area contributed by atoms with Gasteiger partial charge in [0, 0.05) is 44.1 Å². The van der Waals surface area contributed by atoms with Crippen molar-refractivity contribution in [2.75, 3.05) is 0 Å². The number of hydrogen-bond donors (Lipinski definition) is 1. The maximum absolute atomic E-state index is 5.83. The Morgan fingerprint density at radius 3 is 2.20 bits per heavy atom. The smallest absolute Gasteiger partial charge is 0.0350 e. The number of hydrogen-bond acceptors (Lipinski definition) is 1. The van der Waals surface area contributed by atoms with Crippen LogP contribution >= 0.6 is 11.6 Å². The van der Waals surface area contributed by atoms with Crippen LogP contribution in [0, 0.1) is 7.43 Å². The molecule has 1 rings (SSSR count). The summed E-state index contributed by atoms with van der Waals surface area (Å²) in [5.41, 5.74) is 5.64. The van der Waals surface area contributed by atoms with E-state index in [-0.39, 0.29) is 40.1 Å². The maximum atomic E-state index is 5.83. The Morgan fingerprint density at radius 1 is 1.30 bits per heavy atom. The van der Waals surface area contributed by atoms with Gasteiger partial charge in [0.2, 0.25) is 0 Å². The van der Waals surface area contributed by atoms with Gasteiger partial charge in [-0.1, -0.05) is 6.42 Å². The van der Waals surface area contributed by atoms with E-state index in [1.54, 1.807) is 0 Å². The molecular formula is C7H15ClNY-. The van der Waals surface area contributed by atoms with E-state index in [0.29, 0.717) is 11.4 Å². The second kappa shape index (κ2) is 7.03. The molecule has 0 amide bonds. The molecule has 0 saturated heterocycles. The molecule has 1 aliphatic carbocycles. The first-order valence-electron chi connectivity index (χ1n) is 3.18. The Bertz CT molecular complexity index is 72.0. The van der Waals surface area contributed by atoms with E-state index >= 15 is 0 Å². The molecule has 1 fully saturated rings. The number of halogens is 1. The van der Waals surface area contributed by atoms with Gasteiger partial charge in [0.05, 0.1) is 0 Å². The normalized spacial score (nSPS) is 31.8. The summed E-state index contributed by atoms with van der Waals surface area (Å²) >= 11 is 5.83. The Hall–Kier alpha value is 1.35. The molecule has 0 heterocycles. The summed E-state index contributed by atoms with van der Waals surface area (Å²) < 4.78 is 0. The third kappa shape index (κ3) is 5.06. The van der Waals surface area contributed by atoms with Gasteiger partial charge in [0.25, 0.3) is 0 Å². The van der Waals surface area contributed by atoms with Crippen LogP contribution in [0.5, 0.6) is 0 Å². The van der Waals surface area contributed by atoms with Gasteiger partial charge in [0.15, 0.2) is 0 Å². The van der Waals surface area contributed by atoms with Crippen molar-refractivity contribution in [2.24, 2.45) is 5.73 Å². The molecule has 0 bridgehead atoms. The van der Waals surface area contributed by atoms with Gasteiger partial charge in [-0.25, -0.2) is 0 Å². The van der Waals surface area contributed by atoms with Crippen molar-refractivity contribution in [2.45, 2.75) is 37.1 Å². The third-order valence-corrected chi connectivity index (χ3v) is 2.05. The number of rotatable bonds is 0. The molecule has 2 unspecified atom stereocenters. The fraction of sp³-hybridized carbons (Fsp3) is 0.857. The topological polar surface area (TPSA) is 26.0 Å². The van der Waals surface area contributed by atoms with E-state index in [9.17, 15) is 0 Å². The minimum absolute atomic E-state index is 0. The maximum Gasteiger partial charge on any atom is 0.0350 e. The molecule has 1 saturated carbocycles. The molecule has 2 atom stereocenters. The van der Waals surface area contributed by atoms with Crippen molar-refractivity contribution < 1.29 is 32.7 Å². The average Bonchev–Trinajstić information content (AvgIpc) is 1.64. The Kier molecular flexibility index (Phi) is 9.78. The monoisotopic (exact) mass is 237 g/mol. The van der Waals surface area contributed by atoms with Crippen molar-refractivity contribution in [1.29, 1.82) is 0 Å². The predicted molar refractivity (Wildman–Crippen MR) is 42.5 cm³/mol. The average molecular weight is 238 g/mol. The van der Waals surface area contributed by atoms with Crippen LogP contribution in [0.3, 0.4) is 0 Å². The zero-order valence-electron chi connectivity index (χ0n) is 6.52. The molecule has 0 aromatic carbocycles. The van der Waals surface area contributed by atoms with Crippen LogP contribution < -0.4 is 5.73 Å². The van der Waals surface area contributed by atoms with Crippen molar-refractivity contribution >= 4 is 11.6 Å². The van der Waals surface area contributed by atoms with E-state index in [0.717, 1.165) is 12.8 Å². The zero-order chi connectivity index (χ0) is 5.98. The summed E-state index contributed by atoms with van der Waals surface area (Å²) in [6.45, 7) is 0. The molecule has 3 heteroatoms. The van der Waals surface area contributed by atoms with Crippen molar-refractivity contribution in [3.8, 4) is 0 Å². The van der Waals surface area contributed by atoms with Gasteiger partial charge in [-0.05, 0) is 19.3 Å². The van der Waals surface area contributed by atoms with Gasteiger partial charge >= 0.3 is 0 Å². The summed E-state index contributed by atoms with van der Waals surface area (Å²) in [6, 6.07) is 0.381. The fourth-order valence-corrected chi connectivity index (χ4v) is 1.55. The number of alkyl halides is 1. The van der Waals surface area contributed by atoms with Crippen molar-refractivity contribution in [3.63, 3.8) is 0 Å². The van der Waals surface area contributed by atoms with Crippen LogP contribution in [0.15, 0.2) is 0 Å². The first-order valence-corrected chi connectivity index (χ1v) is 3.62. The van der Waals surface area contributed by atoms with Gasteiger partial charge in [-0.2, -0.15) is 0 Å². The molecule has 10 heavy (non-hydrogen) atoms. The van der Waals surface area contributed by atoms with E-state index in [1.165, 1.54) is 12.8 Å². The Balaban J connectivity index is 0. The van der Waals surface area contributed by atoms with Crippen molar-refractivity contribution in [3.05, 3.63) is 7.43 Å². The van der Waals surface area contributed by atoms with E-state index in [4.69, 9.17) is 17.3 Å². The fourth-order valence-electron chi connectivity index (χ4n) is 1.17. The van der Waals surface area contributed by atoms with Crippen LogP contribution in [-0.2, 0) is 32.7 Å². The molecule has 1 nitrogen and oxygen atoms in total. The summed E-state index contributed by atoms with van der Waals surface area (Å²) in [7, 11) is 0. The molecule has 0 aromatic heterocycles. The molecule has 0 spiro atoms. The summed E-state index contributed by atoms with van der Waals surface area (Å²) in [6.07, 6.45) is 4.56. The minimum atomic E-state index is 0.